The van der Waals surface area contributed by atoms with E-state index in [0.29, 0.717) is 31.3 Å². The van der Waals surface area contributed by atoms with Crippen molar-refractivity contribution in [1.29, 1.82) is 0 Å². The van der Waals surface area contributed by atoms with E-state index in [4.69, 9.17) is 16.3 Å². The van der Waals surface area contributed by atoms with E-state index in [1.165, 1.54) is 0 Å². The molecule has 0 amide bonds. The SMILES string of the molecule is Cc1nn(CCn2cc(-c3cnc(N4CCOCC4)nc3)nn2)c(C)c1Cl. The van der Waals surface area contributed by atoms with E-state index in [-0.39, 0.29) is 0 Å². The van der Waals surface area contributed by atoms with Crippen LogP contribution in [0.3, 0.4) is 0 Å². The zero-order chi connectivity index (χ0) is 18.8. The van der Waals surface area contributed by atoms with Crippen LogP contribution in [0.5, 0.6) is 0 Å². The molecular formula is C17H21ClN8O. The average molecular weight is 389 g/mol. The summed E-state index contributed by atoms with van der Waals surface area (Å²) >= 11 is 6.19. The van der Waals surface area contributed by atoms with Crippen molar-refractivity contribution < 1.29 is 4.74 Å². The van der Waals surface area contributed by atoms with Gasteiger partial charge in [0, 0.05) is 31.0 Å². The summed E-state index contributed by atoms with van der Waals surface area (Å²) in [5.41, 5.74) is 3.38. The summed E-state index contributed by atoms with van der Waals surface area (Å²) in [6, 6.07) is 0. The molecule has 142 valence electrons. The first-order valence-corrected chi connectivity index (χ1v) is 9.24. The topological polar surface area (TPSA) is 86.8 Å². The molecule has 0 atom stereocenters. The van der Waals surface area contributed by atoms with Crippen LogP contribution >= 0.6 is 11.6 Å². The molecule has 3 aromatic rings. The predicted molar refractivity (Wildman–Crippen MR) is 101 cm³/mol. The van der Waals surface area contributed by atoms with Gasteiger partial charge in [0.25, 0.3) is 0 Å². The molecule has 10 heteroatoms. The lowest BCUT2D eigenvalue weighted by Gasteiger charge is -2.26. The summed E-state index contributed by atoms with van der Waals surface area (Å²) in [7, 11) is 0. The highest BCUT2D eigenvalue weighted by molar-refractivity contribution is 6.31. The van der Waals surface area contributed by atoms with Crippen molar-refractivity contribution in [2.45, 2.75) is 26.9 Å². The van der Waals surface area contributed by atoms with Crippen molar-refractivity contribution in [2.75, 3.05) is 31.2 Å². The Morgan fingerprint density at radius 3 is 2.52 bits per heavy atom. The largest absolute Gasteiger partial charge is 0.378 e. The van der Waals surface area contributed by atoms with Gasteiger partial charge in [0.15, 0.2) is 0 Å². The van der Waals surface area contributed by atoms with Crippen LogP contribution in [-0.2, 0) is 17.8 Å². The van der Waals surface area contributed by atoms with Crippen molar-refractivity contribution in [3.05, 3.63) is 35.0 Å². The Balaban J connectivity index is 1.42. The first-order chi connectivity index (χ1) is 13.1. The van der Waals surface area contributed by atoms with Crippen LogP contribution in [0, 0.1) is 13.8 Å². The first kappa shape index (κ1) is 17.9. The van der Waals surface area contributed by atoms with E-state index in [2.05, 4.69) is 30.3 Å². The van der Waals surface area contributed by atoms with Gasteiger partial charge < -0.3 is 9.64 Å². The van der Waals surface area contributed by atoms with Gasteiger partial charge in [-0.1, -0.05) is 16.8 Å². The molecule has 0 radical (unpaired) electrons. The minimum Gasteiger partial charge on any atom is -0.378 e. The van der Waals surface area contributed by atoms with E-state index in [9.17, 15) is 0 Å². The number of halogens is 1. The van der Waals surface area contributed by atoms with Gasteiger partial charge in [-0.15, -0.1) is 5.10 Å². The standard InChI is InChI=1S/C17H21ClN8O/c1-12-16(18)13(2)26(22-12)4-3-25-11-15(21-23-25)14-9-19-17(20-10-14)24-5-7-27-8-6-24/h9-11H,3-8H2,1-2H3. The molecule has 0 N–H and O–H groups in total. The van der Waals surface area contributed by atoms with Gasteiger partial charge in [-0.3, -0.25) is 9.36 Å². The normalized spacial score (nSPS) is 14.7. The Labute approximate surface area is 161 Å². The Morgan fingerprint density at radius 2 is 1.85 bits per heavy atom. The molecule has 1 fully saturated rings. The lowest BCUT2D eigenvalue weighted by atomic mass is 10.3. The van der Waals surface area contributed by atoms with Crippen LogP contribution in [0.15, 0.2) is 18.6 Å². The number of ether oxygens (including phenoxy) is 1. The second-order valence-corrected chi connectivity index (χ2v) is 6.82. The van der Waals surface area contributed by atoms with E-state index in [0.717, 1.165) is 41.7 Å². The maximum absolute atomic E-state index is 6.19. The zero-order valence-electron chi connectivity index (χ0n) is 15.3. The smallest absolute Gasteiger partial charge is 0.225 e. The van der Waals surface area contributed by atoms with Crippen molar-refractivity contribution in [3.63, 3.8) is 0 Å². The Bertz CT molecular complexity index is 914. The van der Waals surface area contributed by atoms with Gasteiger partial charge in [-0.2, -0.15) is 5.10 Å². The second kappa shape index (κ2) is 7.61. The van der Waals surface area contributed by atoms with Crippen LogP contribution < -0.4 is 4.90 Å². The molecule has 27 heavy (non-hydrogen) atoms. The van der Waals surface area contributed by atoms with Crippen molar-refractivity contribution in [2.24, 2.45) is 0 Å². The zero-order valence-corrected chi connectivity index (χ0v) is 16.1. The molecule has 0 spiro atoms. The van der Waals surface area contributed by atoms with Gasteiger partial charge in [-0.25, -0.2) is 9.97 Å². The summed E-state index contributed by atoms with van der Waals surface area (Å²) in [6.45, 7) is 8.23. The maximum atomic E-state index is 6.19. The van der Waals surface area contributed by atoms with E-state index >= 15 is 0 Å². The van der Waals surface area contributed by atoms with Crippen LogP contribution in [0.2, 0.25) is 5.02 Å². The van der Waals surface area contributed by atoms with Gasteiger partial charge in [0.05, 0.1) is 48.9 Å². The first-order valence-electron chi connectivity index (χ1n) is 8.86. The van der Waals surface area contributed by atoms with Gasteiger partial charge >= 0.3 is 0 Å². The lowest BCUT2D eigenvalue weighted by Crippen LogP contribution is -2.37. The summed E-state index contributed by atoms with van der Waals surface area (Å²) in [6.07, 6.45) is 5.46. The van der Waals surface area contributed by atoms with Crippen LogP contribution in [0.25, 0.3) is 11.3 Å². The minimum atomic E-state index is 0.651. The molecule has 1 saturated heterocycles. The third kappa shape index (κ3) is 3.79. The van der Waals surface area contributed by atoms with E-state index < -0.39 is 0 Å². The number of hydrogen-bond acceptors (Lipinski definition) is 7. The Hall–Kier alpha value is -2.52. The van der Waals surface area contributed by atoms with Crippen LogP contribution in [0.1, 0.15) is 11.4 Å². The highest BCUT2D eigenvalue weighted by Crippen LogP contribution is 2.19. The molecule has 0 unspecified atom stereocenters. The number of aromatic nitrogens is 7. The van der Waals surface area contributed by atoms with Crippen LogP contribution in [0.4, 0.5) is 5.95 Å². The second-order valence-electron chi connectivity index (χ2n) is 6.45. The molecule has 1 aliphatic rings. The Morgan fingerprint density at radius 1 is 1.11 bits per heavy atom. The maximum Gasteiger partial charge on any atom is 0.225 e. The molecule has 9 nitrogen and oxygen atoms in total. The highest BCUT2D eigenvalue weighted by Gasteiger charge is 2.14. The molecule has 4 heterocycles. The average Bonchev–Trinajstić information content (AvgIpc) is 3.28. The fourth-order valence-corrected chi connectivity index (χ4v) is 3.15. The van der Waals surface area contributed by atoms with Gasteiger partial charge in [0.1, 0.15) is 5.69 Å². The molecule has 3 aromatic heterocycles. The molecule has 0 aromatic carbocycles. The third-order valence-electron chi connectivity index (χ3n) is 4.60. The van der Waals surface area contributed by atoms with Crippen molar-refractivity contribution >= 4 is 17.5 Å². The quantitative estimate of drug-likeness (QED) is 0.657. The summed E-state index contributed by atoms with van der Waals surface area (Å²) in [5, 5.41) is 13.6. The molecule has 0 bridgehead atoms. The fraction of sp³-hybridized carbons (Fsp3) is 0.471. The number of nitrogens with zero attached hydrogens (tertiary/aromatic N) is 8. The minimum absolute atomic E-state index is 0.651. The molecular weight excluding hydrogens is 368 g/mol. The number of morpholine rings is 1. The number of anilines is 1. The Kier molecular flexibility index (Phi) is 5.04. The third-order valence-corrected chi connectivity index (χ3v) is 5.15. The summed E-state index contributed by atoms with van der Waals surface area (Å²) < 4.78 is 9.03. The van der Waals surface area contributed by atoms with Crippen LogP contribution in [-0.4, -0.2) is 61.0 Å². The molecule has 4 rings (SSSR count). The number of rotatable bonds is 5. The van der Waals surface area contributed by atoms with E-state index in [1.54, 1.807) is 17.1 Å². The lowest BCUT2D eigenvalue weighted by molar-refractivity contribution is 0.122. The molecule has 1 aliphatic heterocycles. The monoisotopic (exact) mass is 388 g/mol. The summed E-state index contributed by atoms with van der Waals surface area (Å²) in [4.78, 5) is 11.0. The van der Waals surface area contributed by atoms with Gasteiger partial charge in [-0.05, 0) is 13.8 Å². The molecule has 0 saturated carbocycles. The highest BCUT2D eigenvalue weighted by atomic mass is 35.5. The van der Waals surface area contributed by atoms with E-state index in [1.807, 2.05) is 24.7 Å². The number of hydrogen-bond donors (Lipinski definition) is 0. The van der Waals surface area contributed by atoms with Gasteiger partial charge in [0.2, 0.25) is 5.95 Å². The molecule has 0 aliphatic carbocycles. The predicted octanol–water partition coefficient (Wildman–Crippen LogP) is 1.74. The van der Waals surface area contributed by atoms with Crippen molar-refractivity contribution in [3.8, 4) is 11.3 Å². The fourth-order valence-electron chi connectivity index (χ4n) is 3.01. The number of aryl methyl sites for hydroxylation is 3. The van der Waals surface area contributed by atoms with Crippen molar-refractivity contribution in [1.82, 2.24) is 34.7 Å². The summed E-state index contributed by atoms with van der Waals surface area (Å²) in [5.74, 6) is 0.718.